The maximum absolute atomic E-state index is 11.1. The second-order valence-electron chi connectivity index (χ2n) is 3.70. The van der Waals surface area contributed by atoms with Crippen LogP contribution in [0.25, 0.3) is 0 Å². The third-order valence-electron chi connectivity index (χ3n) is 2.23. The van der Waals surface area contributed by atoms with Gasteiger partial charge in [0.05, 0.1) is 10.1 Å². The van der Waals surface area contributed by atoms with E-state index in [2.05, 4.69) is 4.90 Å². The van der Waals surface area contributed by atoms with Crippen molar-refractivity contribution < 1.29 is 8.42 Å². The average Bonchev–Trinajstić information content (AvgIpc) is 2.57. The minimum atomic E-state index is -2.88. The topological polar surface area (TPSA) is 37.4 Å². The Labute approximate surface area is 106 Å². The zero-order chi connectivity index (χ0) is 12.2. The number of thiophene rings is 1. The molecule has 0 radical (unpaired) electrons. The van der Waals surface area contributed by atoms with Crippen LogP contribution in [-0.2, 0) is 16.4 Å². The Kier molecular flexibility index (Phi) is 5.24. The first-order chi connectivity index (χ1) is 7.40. The van der Waals surface area contributed by atoms with Crippen LogP contribution in [0.4, 0.5) is 0 Å². The number of hydrogen-bond donors (Lipinski definition) is 0. The van der Waals surface area contributed by atoms with Crippen molar-refractivity contribution >= 4 is 32.8 Å². The normalized spacial score (nSPS) is 12.2. The molecule has 6 heteroatoms. The van der Waals surface area contributed by atoms with Gasteiger partial charge in [-0.15, -0.1) is 11.3 Å². The van der Waals surface area contributed by atoms with E-state index in [4.69, 9.17) is 11.6 Å². The molecule has 16 heavy (non-hydrogen) atoms. The van der Waals surface area contributed by atoms with E-state index in [1.54, 1.807) is 0 Å². The first-order valence-electron chi connectivity index (χ1n) is 5.05. The Morgan fingerprint density at radius 2 is 2.12 bits per heavy atom. The molecule has 1 aromatic rings. The van der Waals surface area contributed by atoms with Gasteiger partial charge in [0.25, 0.3) is 0 Å². The van der Waals surface area contributed by atoms with Gasteiger partial charge in [0.2, 0.25) is 0 Å². The molecule has 0 bridgehead atoms. The zero-order valence-electron chi connectivity index (χ0n) is 9.44. The summed E-state index contributed by atoms with van der Waals surface area (Å²) < 4.78 is 22.9. The van der Waals surface area contributed by atoms with E-state index in [-0.39, 0.29) is 5.75 Å². The number of nitrogens with zero attached hydrogens (tertiary/aromatic N) is 1. The molecule has 1 rings (SSSR count). The quantitative estimate of drug-likeness (QED) is 0.803. The van der Waals surface area contributed by atoms with Gasteiger partial charge < -0.3 is 0 Å². The third-order valence-corrected chi connectivity index (χ3v) is 4.37. The highest BCUT2D eigenvalue weighted by Gasteiger charge is 2.09. The lowest BCUT2D eigenvalue weighted by Crippen LogP contribution is -2.28. The lowest BCUT2D eigenvalue weighted by atomic mass is 10.4. The highest BCUT2D eigenvalue weighted by atomic mass is 35.5. The number of hydrogen-bond acceptors (Lipinski definition) is 4. The van der Waals surface area contributed by atoms with E-state index >= 15 is 0 Å². The summed E-state index contributed by atoms with van der Waals surface area (Å²) in [5.41, 5.74) is 0. The Balaban J connectivity index is 2.49. The van der Waals surface area contributed by atoms with Gasteiger partial charge in [-0.2, -0.15) is 0 Å². The van der Waals surface area contributed by atoms with Crippen LogP contribution in [-0.4, -0.2) is 38.4 Å². The fourth-order valence-electron chi connectivity index (χ4n) is 1.30. The van der Waals surface area contributed by atoms with Crippen molar-refractivity contribution in [2.24, 2.45) is 0 Å². The first-order valence-corrected chi connectivity index (χ1v) is 8.30. The Morgan fingerprint density at radius 3 is 2.56 bits per heavy atom. The highest BCUT2D eigenvalue weighted by Crippen LogP contribution is 2.22. The minimum Gasteiger partial charge on any atom is -0.298 e. The van der Waals surface area contributed by atoms with Crippen LogP contribution < -0.4 is 0 Å². The number of rotatable bonds is 6. The standard InChI is InChI=1S/C10H16ClNO2S2/c1-3-12(6-7-16(2,13)14)8-9-4-5-10(11)15-9/h4-5H,3,6-8H2,1-2H3. The molecule has 0 saturated carbocycles. The SMILES string of the molecule is CCN(CCS(C)(=O)=O)Cc1ccc(Cl)s1. The lowest BCUT2D eigenvalue weighted by molar-refractivity contribution is 0.299. The molecule has 0 spiro atoms. The van der Waals surface area contributed by atoms with Gasteiger partial charge in [-0.1, -0.05) is 18.5 Å². The summed E-state index contributed by atoms with van der Waals surface area (Å²) in [6.45, 7) is 4.21. The van der Waals surface area contributed by atoms with Crippen molar-refractivity contribution in [1.29, 1.82) is 0 Å². The van der Waals surface area contributed by atoms with Crippen molar-refractivity contribution in [3.05, 3.63) is 21.3 Å². The highest BCUT2D eigenvalue weighted by molar-refractivity contribution is 7.90. The molecule has 0 saturated heterocycles. The Bertz CT molecular complexity index is 428. The fraction of sp³-hybridized carbons (Fsp3) is 0.600. The predicted molar refractivity (Wildman–Crippen MR) is 70.0 cm³/mol. The fourth-order valence-corrected chi connectivity index (χ4v) is 3.02. The molecule has 0 aliphatic rings. The van der Waals surface area contributed by atoms with Crippen molar-refractivity contribution in [1.82, 2.24) is 4.90 Å². The van der Waals surface area contributed by atoms with E-state index in [1.165, 1.54) is 22.5 Å². The summed E-state index contributed by atoms with van der Waals surface area (Å²) in [6.07, 6.45) is 1.27. The molecule has 0 unspecified atom stereocenters. The third kappa shape index (κ3) is 5.30. The van der Waals surface area contributed by atoms with Crippen LogP contribution in [0.3, 0.4) is 0 Å². The molecule has 0 aliphatic carbocycles. The van der Waals surface area contributed by atoms with E-state index in [0.29, 0.717) is 6.54 Å². The molecule has 1 heterocycles. The van der Waals surface area contributed by atoms with E-state index < -0.39 is 9.84 Å². The molecule has 0 aromatic carbocycles. The minimum absolute atomic E-state index is 0.208. The molecule has 0 atom stereocenters. The molecular weight excluding hydrogens is 266 g/mol. The Hall–Kier alpha value is -0.100. The Morgan fingerprint density at radius 1 is 1.44 bits per heavy atom. The monoisotopic (exact) mass is 281 g/mol. The van der Waals surface area contributed by atoms with Crippen LogP contribution in [0.2, 0.25) is 4.34 Å². The molecule has 0 aliphatic heterocycles. The average molecular weight is 282 g/mol. The van der Waals surface area contributed by atoms with E-state index in [0.717, 1.165) is 17.4 Å². The molecular formula is C10H16ClNO2S2. The van der Waals surface area contributed by atoms with Crippen LogP contribution in [0.1, 0.15) is 11.8 Å². The number of sulfone groups is 1. The maximum Gasteiger partial charge on any atom is 0.148 e. The summed E-state index contributed by atoms with van der Waals surface area (Å²) in [4.78, 5) is 3.27. The van der Waals surface area contributed by atoms with Crippen LogP contribution >= 0.6 is 22.9 Å². The van der Waals surface area contributed by atoms with Crippen LogP contribution in [0.15, 0.2) is 12.1 Å². The zero-order valence-corrected chi connectivity index (χ0v) is 11.8. The summed E-state index contributed by atoms with van der Waals surface area (Å²) in [5.74, 6) is 0.208. The van der Waals surface area contributed by atoms with E-state index in [1.807, 2.05) is 19.1 Å². The van der Waals surface area contributed by atoms with Crippen molar-refractivity contribution in [2.75, 3.05) is 25.1 Å². The second kappa shape index (κ2) is 6.00. The van der Waals surface area contributed by atoms with Crippen molar-refractivity contribution in [3.63, 3.8) is 0 Å². The number of halogens is 1. The van der Waals surface area contributed by atoms with Crippen LogP contribution in [0, 0.1) is 0 Å². The van der Waals surface area contributed by atoms with Gasteiger partial charge in [0.1, 0.15) is 9.84 Å². The second-order valence-corrected chi connectivity index (χ2v) is 7.76. The van der Waals surface area contributed by atoms with Gasteiger partial charge in [-0.05, 0) is 18.7 Å². The molecule has 0 amide bonds. The molecule has 0 N–H and O–H groups in total. The molecule has 3 nitrogen and oxygen atoms in total. The summed E-state index contributed by atoms with van der Waals surface area (Å²) in [5, 5.41) is 0. The first kappa shape index (κ1) is 14.0. The molecule has 0 fully saturated rings. The summed E-state index contributed by atoms with van der Waals surface area (Å²) in [6, 6.07) is 3.85. The summed E-state index contributed by atoms with van der Waals surface area (Å²) in [7, 11) is -2.88. The van der Waals surface area contributed by atoms with Gasteiger partial charge in [0, 0.05) is 24.2 Å². The lowest BCUT2D eigenvalue weighted by Gasteiger charge is -2.18. The van der Waals surface area contributed by atoms with Gasteiger partial charge >= 0.3 is 0 Å². The van der Waals surface area contributed by atoms with Crippen LogP contribution in [0.5, 0.6) is 0 Å². The smallest absolute Gasteiger partial charge is 0.148 e. The van der Waals surface area contributed by atoms with Crippen molar-refractivity contribution in [2.45, 2.75) is 13.5 Å². The van der Waals surface area contributed by atoms with E-state index in [9.17, 15) is 8.42 Å². The van der Waals surface area contributed by atoms with Gasteiger partial charge in [0.15, 0.2) is 0 Å². The van der Waals surface area contributed by atoms with Gasteiger partial charge in [-0.25, -0.2) is 8.42 Å². The molecule has 1 aromatic heterocycles. The maximum atomic E-state index is 11.1. The summed E-state index contributed by atoms with van der Waals surface area (Å²) >= 11 is 7.38. The largest absolute Gasteiger partial charge is 0.298 e. The van der Waals surface area contributed by atoms with Gasteiger partial charge in [-0.3, -0.25) is 4.90 Å². The predicted octanol–water partition coefficient (Wildman–Crippen LogP) is 2.27. The molecule has 92 valence electrons. The van der Waals surface area contributed by atoms with Crippen molar-refractivity contribution in [3.8, 4) is 0 Å².